The Balaban J connectivity index is 2.12. The van der Waals surface area contributed by atoms with E-state index in [1.54, 1.807) is 0 Å². The van der Waals surface area contributed by atoms with Crippen molar-refractivity contribution in [3.63, 3.8) is 0 Å². The molecule has 3 rings (SSSR count). The maximum atomic E-state index is 5.61. The van der Waals surface area contributed by atoms with Crippen LogP contribution in [0.1, 0.15) is 11.1 Å². The minimum atomic E-state index is 0.244. The molecule has 6 heteroatoms. The first-order valence-electron chi connectivity index (χ1n) is 5.16. The molecule has 0 atom stereocenters. The summed E-state index contributed by atoms with van der Waals surface area (Å²) in [6.07, 6.45) is 0. The second kappa shape index (κ2) is 3.90. The van der Waals surface area contributed by atoms with Crippen LogP contribution in [0.15, 0.2) is 18.2 Å². The van der Waals surface area contributed by atoms with Gasteiger partial charge in [-0.2, -0.15) is 4.98 Å². The van der Waals surface area contributed by atoms with E-state index in [-0.39, 0.29) is 10.7 Å². The number of H-pyrrole nitrogens is 1. The van der Waals surface area contributed by atoms with Crippen molar-refractivity contribution < 1.29 is 4.74 Å². The number of anilines is 1. The standard InChI is InChI=1S/C11H10N4OS/c12-10-13-9(14-11(17)15-10)6-1-2-7-4-16-5-8(7)3-6/h1-3H,4-5H2,(H3,12,13,14,15,17). The van der Waals surface area contributed by atoms with Gasteiger partial charge in [0.05, 0.1) is 13.2 Å². The molecule has 17 heavy (non-hydrogen) atoms. The van der Waals surface area contributed by atoms with Gasteiger partial charge in [-0.1, -0.05) is 12.1 Å². The van der Waals surface area contributed by atoms with Gasteiger partial charge in [-0.05, 0) is 29.4 Å². The number of aromatic nitrogens is 3. The van der Waals surface area contributed by atoms with E-state index in [0.717, 1.165) is 5.56 Å². The van der Waals surface area contributed by atoms with Crippen molar-refractivity contribution in [2.24, 2.45) is 0 Å². The minimum absolute atomic E-state index is 0.244. The number of nitrogens with zero attached hydrogens (tertiary/aromatic N) is 2. The lowest BCUT2D eigenvalue weighted by Gasteiger charge is -2.04. The zero-order valence-corrected chi connectivity index (χ0v) is 9.75. The zero-order chi connectivity index (χ0) is 11.8. The van der Waals surface area contributed by atoms with Crippen molar-refractivity contribution in [2.75, 3.05) is 5.73 Å². The van der Waals surface area contributed by atoms with Crippen molar-refractivity contribution in [1.29, 1.82) is 0 Å². The molecule has 1 aliphatic rings. The molecule has 0 fully saturated rings. The Hall–Kier alpha value is -1.79. The molecule has 0 unspecified atom stereocenters. The van der Waals surface area contributed by atoms with Crippen LogP contribution in [0.2, 0.25) is 0 Å². The van der Waals surface area contributed by atoms with Crippen LogP contribution < -0.4 is 5.73 Å². The van der Waals surface area contributed by atoms with Crippen molar-refractivity contribution in [3.05, 3.63) is 34.1 Å². The summed E-state index contributed by atoms with van der Waals surface area (Å²) in [5, 5.41) is 0. The second-order valence-corrected chi connectivity index (χ2v) is 4.21. The van der Waals surface area contributed by atoms with Crippen molar-refractivity contribution in [1.82, 2.24) is 15.0 Å². The maximum Gasteiger partial charge on any atom is 0.224 e. The Labute approximate surface area is 103 Å². The first-order valence-corrected chi connectivity index (χ1v) is 5.57. The number of ether oxygens (including phenoxy) is 1. The Morgan fingerprint density at radius 2 is 2.06 bits per heavy atom. The van der Waals surface area contributed by atoms with Gasteiger partial charge >= 0.3 is 0 Å². The van der Waals surface area contributed by atoms with E-state index in [2.05, 4.69) is 15.0 Å². The van der Waals surface area contributed by atoms with Gasteiger partial charge in [0.1, 0.15) is 5.82 Å². The second-order valence-electron chi connectivity index (χ2n) is 3.84. The molecular weight excluding hydrogens is 236 g/mol. The summed E-state index contributed by atoms with van der Waals surface area (Å²) in [4.78, 5) is 10.9. The summed E-state index contributed by atoms with van der Waals surface area (Å²) in [5.41, 5.74) is 8.95. The first kappa shape index (κ1) is 10.4. The third-order valence-electron chi connectivity index (χ3n) is 2.66. The molecule has 0 amide bonds. The van der Waals surface area contributed by atoms with E-state index in [1.165, 1.54) is 11.1 Å². The third kappa shape index (κ3) is 1.92. The SMILES string of the molecule is Nc1nc(=S)nc(-c2ccc3c(c2)COC3)[nH]1. The number of nitrogens with two attached hydrogens (primary N) is 1. The van der Waals surface area contributed by atoms with Crippen LogP contribution >= 0.6 is 12.2 Å². The van der Waals surface area contributed by atoms with Crippen LogP contribution in [0.3, 0.4) is 0 Å². The maximum absolute atomic E-state index is 5.61. The van der Waals surface area contributed by atoms with Crippen LogP contribution in [0.5, 0.6) is 0 Å². The lowest BCUT2D eigenvalue weighted by Crippen LogP contribution is -2.00. The van der Waals surface area contributed by atoms with Crippen LogP contribution in [0.4, 0.5) is 5.95 Å². The van der Waals surface area contributed by atoms with Crippen LogP contribution in [0.25, 0.3) is 11.4 Å². The summed E-state index contributed by atoms with van der Waals surface area (Å²) in [6, 6.07) is 6.04. The number of fused-ring (bicyclic) bond motifs is 1. The predicted octanol–water partition coefficient (Wildman–Crippen LogP) is 1.81. The van der Waals surface area contributed by atoms with Gasteiger partial charge in [0.2, 0.25) is 10.7 Å². The fraction of sp³-hybridized carbons (Fsp3) is 0.182. The average Bonchev–Trinajstić information content (AvgIpc) is 2.74. The number of aromatic amines is 1. The van der Waals surface area contributed by atoms with Gasteiger partial charge < -0.3 is 15.5 Å². The third-order valence-corrected chi connectivity index (χ3v) is 2.85. The van der Waals surface area contributed by atoms with Gasteiger partial charge in [0.15, 0.2) is 0 Å². The van der Waals surface area contributed by atoms with Gasteiger partial charge in [0.25, 0.3) is 0 Å². The summed E-state index contributed by atoms with van der Waals surface area (Å²) in [6.45, 7) is 1.32. The normalized spacial score (nSPS) is 13.6. The molecular formula is C11H10N4OS. The first-order chi connectivity index (χ1) is 8.22. The average molecular weight is 246 g/mol. The molecule has 86 valence electrons. The predicted molar refractivity (Wildman–Crippen MR) is 65.6 cm³/mol. The lowest BCUT2D eigenvalue weighted by atomic mass is 10.1. The lowest BCUT2D eigenvalue weighted by molar-refractivity contribution is 0.134. The molecule has 1 aromatic carbocycles. The molecule has 3 N–H and O–H groups in total. The highest BCUT2D eigenvalue weighted by molar-refractivity contribution is 7.71. The van der Waals surface area contributed by atoms with E-state index in [9.17, 15) is 0 Å². The van der Waals surface area contributed by atoms with E-state index >= 15 is 0 Å². The fourth-order valence-electron chi connectivity index (χ4n) is 1.86. The molecule has 0 spiro atoms. The highest BCUT2D eigenvalue weighted by Crippen LogP contribution is 2.25. The molecule has 0 radical (unpaired) electrons. The van der Waals surface area contributed by atoms with E-state index < -0.39 is 0 Å². The largest absolute Gasteiger partial charge is 0.372 e. The number of nitrogens with one attached hydrogen (secondary N) is 1. The number of benzene rings is 1. The van der Waals surface area contributed by atoms with Gasteiger partial charge in [-0.25, -0.2) is 4.98 Å². The van der Waals surface area contributed by atoms with Gasteiger partial charge in [0, 0.05) is 5.56 Å². The Kier molecular flexibility index (Phi) is 2.38. The topological polar surface area (TPSA) is 76.8 Å². The van der Waals surface area contributed by atoms with E-state index in [1.807, 2.05) is 18.2 Å². The summed E-state index contributed by atoms with van der Waals surface area (Å²) < 4.78 is 5.61. The van der Waals surface area contributed by atoms with Gasteiger partial charge in [-0.3, -0.25) is 0 Å². The number of rotatable bonds is 1. The highest BCUT2D eigenvalue weighted by Gasteiger charge is 2.12. The Bertz CT molecular complexity index is 638. The monoisotopic (exact) mass is 246 g/mol. The molecule has 2 heterocycles. The van der Waals surface area contributed by atoms with Crippen molar-refractivity contribution >= 4 is 18.2 Å². The summed E-state index contributed by atoms with van der Waals surface area (Å²) in [7, 11) is 0. The smallest absolute Gasteiger partial charge is 0.224 e. The van der Waals surface area contributed by atoms with Crippen LogP contribution in [0, 0.1) is 4.77 Å². The van der Waals surface area contributed by atoms with Crippen LogP contribution in [-0.2, 0) is 18.0 Å². The molecule has 0 saturated carbocycles. The molecule has 1 aliphatic heterocycles. The zero-order valence-electron chi connectivity index (χ0n) is 8.93. The number of hydrogen-bond acceptors (Lipinski definition) is 5. The highest BCUT2D eigenvalue weighted by atomic mass is 32.1. The van der Waals surface area contributed by atoms with Crippen LogP contribution in [-0.4, -0.2) is 15.0 Å². The molecule has 0 bridgehead atoms. The van der Waals surface area contributed by atoms with Gasteiger partial charge in [-0.15, -0.1) is 0 Å². The molecule has 0 aliphatic carbocycles. The van der Waals surface area contributed by atoms with Crippen molar-refractivity contribution in [3.8, 4) is 11.4 Å². The molecule has 0 saturated heterocycles. The van der Waals surface area contributed by atoms with E-state index in [4.69, 9.17) is 22.7 Å². The fourth-order valence-corrected chi connectivity index (χ4v) is 2.05. The molecule has 1 aromatic heterocycles. The number of nitrogen functional groups attached to an aromatic ring is 1. The Morgan fingerprint density at radius 3 is 2.88 bits per heavy atom. The van der Waals surface area contributed by atoms with E-state index in [0.29, 0.717) is 19.0 Å². The number of hydrogen-bond donors (Lipinski definition) is 2. The molecule has 2 aromatic rings. The van der Waals surface area contributed by atoms with Crippen molar-refractivity contribution in [2.45, 2.75) is 13.2 Å². The quantitative estimate of drug-likeness (QED) is 0.750. The Morgan fingerprint density at radius 1 is 1.24 bits per heavy atom. The minimum Gasteiger partial charge on any atom is -0.372 e. The molecule has 5 nitrogen and oxygen atoms in total. The summed E-state index contributed by atoms with van der Waals surface area (Å²) in [5.74, 6) is 0.911. The summed E-state index contributed by atoms with van der Waals surface area (Å²) >= 11 is 4.94.